The van der Waals surface area contributed by atoms with Crippen molar-refractivity contribution in [3.05, 3.63) is 59.7 Å². The Morgan fingerprint density at radius 3 is 2.14 bits per heavy atom. The summed E-state index contributed by atoms with van der Waals surface area (Å²) in [5, 5.41) is 24.2. The highest BCUT2D eigenvalue weighted by atomic mass is 16.5. The van der Waals surface area contributed by atoms with E-state index in [-0.39, 0.29) is 19.1 Å². The Kier molecular flexibility index (Phi) is 7.70. The molecule has 0 spiro atoms. The van der Waals surface area contributed by atoms with Crippen LogP contribution in [0.2, 0.25) is 0 Å². The number of fused-ring (bicyclic) bond motifs is 3. The number of aliphatic hydroxyl groups is 1. The van der Waals surface area contributed by atoms with Gasteiger partial charge in [0.15, 0.2) is 0 Å². The molecule has 0 saturated heterocycles. The number of rotatable bonds is 9. The van der Waals surface area contributed by atoms with Crippen molar-refractivity contribution in [2.75, 3.05) is 13.2 Å². The molecule has 0 heterocycles. The van der Waals surface area contributed by atoms with Crippen LogP contribution in [0.5, 0.6) is 0 Å². The van der Waals surface area contributed by atoms with Crippen molar-refractivity contribution in [3.8, 4) is 11.1 Å². The van der Waals surface area contributed by atoms with Crippen LogP contribution in [-0.4, -0.2) is 53.0 Å². The molecule has 1 atom stereocenters. The molecule has 8 nitrogen and oxygen atoms in total. The lowest BCUT2D eigenvalue weighted by Crippen LogP contribution is -2.57. The maximum absolute atomic E-state index is 13.0. The quantitative estimate of drug-likeness (QED) is 0.435. The van der Waals surface area contributed by atoms with Crippen molar-refractivity contribution in [1.29, 1.82) is 0 Å². The molecule has 2 aliphatic carbocycles. The molecule has 186 valence electrons. The highest BCUT2D eigenvalue weighted by Gasteiger charge is 2.36. The van der Waals surface area contributed by atoms with Crippen molar-refractivity contribution < 1.29 is 29.3 Å². The summed E-state index contributed by atoms with van der Waals surface area (Å²) in [7, 11) is 0. The Morgan fingerprint density at radius 2 is 1.57 bits per heavy atom. The summed E-state index contributed by atoms with van der Waals surface area (Å²) < 4.78 is 5.50. The van der Waals surface area contributed by atoms with E-state index in [9.17, 15) is 24.6 Å². The van der Waals surface area contributed by atoms with Gasteiger partial charge in [0.1, 0.15) is 12.6 Å². The minimum atomic E-state index is -1.28. The van der Waals surface area contributed by atoms with E-state index in [0.29, 0.717) is 19.3 Å². The third-order valence-corrected chi connectivity index (χ3v) is 7.12. The zero-order valence-corrected chi connectivity index (χ0v) is 19.7. The van der Waals surface area contributed by atoms with Crippen LogP contribution in [0, 0.1) is 0 Å². The van der Waals surface area contributed by atoms with Crippen molar-refractivity contribution in [1.82, 2.24) is 10.6 Å². The summed E-state index contributed by atoms with van der Waals surface area (Å²) in [4.78, 5) is 37.1. The van der Waals surface area contributed by atoms with E-state index in [4.69, 9.17) is 4.74 Å². The molecular formula is C27H32N2O6. The van der Waals surface area contributed by atoms with Crippen LogP contribution in [0.15, 0.2) is 48.5 Å². The van der Waals surface area contributed by atoms with Crippen LogP contribution >= 0.6 is 0 Å². The molecule has 2 aromatic carbocycles. The molecular weight excluding hydrogens is 448 g/mol. The molecule has 2 amide bonds. The third kappa shape index (κ3) is 5.65. The monoisotopic (exact) mass is 480 g/mol. The largest absolute Gasteiger partial charge is 0.481 e. The second-order valence-corrected chi connectivity index (χ2v) is 9.42. The molecule has 1 unspecified atom stereocenters. The Labute approximate surface area is 204 Å². The number of amides is 2. The Morgan fingerprint density at radius 1 is 0.971 bits per heavy atom. The van der Waals surface area contributed by atoms with E-state index >= 15 is 0 Å². The van der Waals surface area contributed by atoms with E-state index in [1.165, 1.54) is 0 Å². The van der Waals surface area contributed by atoms with Crippen LogP contribution in [0.4, 0.5) is 4.79 Å². The van der Waals surface area contributed by atoms with E-state index in [2.05, 4.69) is 10.6 Å². The Hall–Kier alpha value is -3.39. The number of hydrogen-bond donors (Lipinski definition) is 4. The molecule has 1 saturated carbocycles. The molecule has 2 aliphatic rings. The number of carbonyl (C=O) groups is 3. The van der Waals surface area contributed by atoms with Gasteiger partial charge in [0.2, 0.25) is 5.91 Å². The topological polar surface area (TPSA) is 125 Å². The van der Waals surface area contributed by atoms with Crippen molar-refractivity contribution >= 4 is 18.0 Å². The molecule has 2 aromatic rings. The predicted molar refractivity (Wildman–Crippen MR) is 130 cm³/mol. The number of aliphatic carboxylic acids is 1. The fourth-order valence-corrected chi connectivity index (χ4v) is 5.39. The minimum Gasteiger partial charge on any atom is -0.481 e. The van der Waals surface area contributed by atoms with Crippen LogP contribution in [0.3, 0.4) is 0 Å². The number of benzene rings is 2. The average molecular weight is 481 g/mol. The van der Waals surface area contributed by atoms with Gasteiger partial charge >= 0.3 is 12.1 Å². The number of alkyl carbamates (subject to hydrolysis) is 1. The highest BCUT2D eigenvalue weighted by molar-refractivity contribution is 5.89. The zero-order chi connectivity index (χ0) is 24.8. The van der Waals surface area contributed by atoms with E-state index in [0.717, 1.165) is 41.5 Å². The first-order valence-corrected chi connectivity index (χ1v) is 12.2. The predicted octanol–water partition coefficient (Wildman–Crippen LogP) is 3.57. The Balaban J connectivity index is 1.42. The maximum Gasteiger partial charge on any atom is 0.407 e. The number of hydrogen-bond acceptors (Lipinski definition) is 5. The van der Waals surface area contributed by atoms with Crippen molar-refractivity contribution in [2.24, 2.45) is 0 Å². The van der Waals surface area contributed by atoms with Gasteiger partial charge in [-0.1, -0.05) is 67.8 Å². The maximum atomic E-state index is 13.0. The summed E-state index contributed by atoms with van der Waals surface area (Å²) in [6.07, 6.45) is 3.31. The van der Waals surface area contributed by atoms with Gasteiger partial charge in [0, 0.05) is 18.1 Å². The molecule has 4 N–H and O–H groups in total. The van der Waals surface area contributed by atoms with Crippen LogP contribution in [-0.2, 0) is 14.3 Å². The SMILES string of the molecule is O=C(O)CC(NC(=O)OCC1c2ccccc2-c2ccccc21)C(=O)NC1(CCO)CCCCC1. The normalized spacial score (nSPS) is 17.1. The van der Waals surface area contributed by atoms with Gasteiger partial charge < -0.3 is 25.6 Å². The van der Waals surface area contributed by atoms with Gasteiger partial charge in [0.05, 0.1) is 6.42 Å². The Bertz CT molecular complexity index is 1030. The molecule has 0 bridgehead atoms. The molecule has 1 fully saturated rings. The van der Waals surface area contributed by atoms with Crippen LogP contribution in [0.25, 0.3) is 11.1 Å². The molecule has 8 heteroatoms. The molecule has 0 radical (unpaired) electrons. The van der Waals surface area contributed by atoms with Crippen molar-refractivity contribution in [3.63, 3.8) is 0 Å². The summed E-state index contributed by atoms with van der Waals surface area (Å²) >= 11 is 0. The molecule has 0 aromatic heterocycles. The number of carbonyl (C=O) groups excluding carboxylic acids is 2. The number of ether oxygens (including phenoxy) is 1. The number of aliphatic hydroxyl groups excluding tert-OH is 1. The van der Waals surface area contributed by atoms with Gasteiger partial charge in [-0.2, -0.15) is 0 Å². The fourth-order valence-electron chi connectivity index (χ4n) is 5.39. The van der Waals surface area contributed by atoms with Crippen LogP contribution < -0.4 is 10.6 Å². The summed E-state index contributed by atoms with van der Waals surface area (Å²) in [5.74, 6) is -1.92. The smallest absolute Gasteiger partial charge is 0.407 e. The van der Waals surface area contributed by atoms with Crippen molar-refractivity contribution in [2.45, 2.75) is 62.4 Å². The molecule has 0 aliphatic heterocycles. The first kappa shape index (κ1) is 24.7. The number of carboxylic acid groups (broad SMARTS) is 1. The lowest BCUT2D eigenvalue weighted by molar-refractivity contribution is -0.140. The van der Waals surface area contributed by atoms with Gasteiger partial charge in [-0.15, -0.1) is 0 Å². The number of nitrogens with one attached hydrogen (secondary N) is 2. The summed E-state index contributed by atoms with van der Waals surface area (Å²) in [6.45, 7) is -0.0145. The first-order chi connectivity index (χ1) is 16.9. The average Bonchev–Trinajstić information content (AvgIpc) is 3.16. The van der Waals surface area contributed by atoms with Gasteiger partial charge in [-0.05, 0) is 41.5 Å². The van der Waals surface area contributed by atoms with Gasteiger partial charge in [0.25, 0.3) is 0 Å². The lowest BCUT2D eigenvalue weighted by Gasteiger charge is -2.38. The van der Waals surface area contributed by atoms with E-state index in [1.54, 1.807) is 0 Å². The second kappa shape index (κ2) is 10.9. The molecule has 4 rings (SSSR count). The van der Waals surface area contributed by atoms with E-state index in [1.807, 2.05) is 48.5 Å². The minimum absolute atomic E-state index is 0.0652. The molecule has 35 heavy (non-hydrogen) atoms. The van der Waals surface area contributed by atoms with Gasteiger partial charge in [-0.25, -0.2) is 4.79 Å². The van der Waals surface area contributed by atoms with Crippen LogP contribution in [0.1, 0.15) is 62.0 Å². The highest BCUT2D eigenvalue weighted by Crippen LogP contribution is 2.44. The lowest BCUT2D eigenvalue weighted by atomic mass is 9.79. The van der Waals surface area contributed by atoms with Gasteiger partial charge in [-0.3, -0.25) is 9.59 Å². The second-order valence-electron chi connectivity index (χ2n) is 9.42. The zero-order valence-electron chi connectivity index (χ0n) is 19.7. The third-order valence-electron chi connectivity index (χ3n) is 7.12. The standard InChI is InChI=1S/C27H32N2O6/c30-15-14-27(12-6-1-7-13-27)29-25(33)23(16-24(31)32)28-26(34)35-17-22-20-10-4-2-8-18(20)19-9-3-5-11-21(19)22/h2-5,8-11,22-23,30H,1,6-7,12-17H2,(H,28,34)(H,29,33)(H,31,32). The number of carboxylic acids is 1. The summed E-state index contributed by atoms with van der Waals surface area (Å²) in [5.41, 5.74) is 3.74. The fraction of sp³-hybridized carbons (Fsp3) is 0.444. The first-order valence-electron chi connectivity index (χ1n) is 12.2. The van der Waals surface area contributed by atoms with E-state index < -0.39 is 36.0 Å². The summed E-state index contributed by atoms with van der Waals surface area (Å²) in [6, 6.07) is 14.6.